The number of aliphatic hydroxyl groups is 1. The summed E-state index contributed by atoms with van der Waals surface area (Å²) in [5.74, 6) is -0.669. The highest BCUT2D eigenvalue weighted by Gasteiger charge is 2.28. The van der Waals surface area contributed by atoms with Gasteiger partial charge in [0.25, 0.3) is 0 Å². The van der Waals surface area contributed by atoms with Gasteiger partial charge in [0.1, 0.15) is 11.6 Å². The van der Waals surface area contributed by atoms with Crippen molar-refractivity contribution in [3.05, 3.63) is 0 Å². The van der Waals surface area contributed by atoms with Gasteiger partial charge in [-0.25, -0.2) is 4.79 Å². The van der Waals surface area contributed by atoms with Crippen LogP contribution in [0.4, 0.5) is 0 Å². The molecule has 1 atom stereocenters. The molecule has 98 valence electrons. The standard InChI is InChI=1S/C10H18N2O4S/c13-6-7-16-10(14)8(11-15)9(17)12-4-2-1-3-5-12/h8,11,13,15H,1-7H2. The highest BCUT2D eigenvalue weighted by molar-refractivity contribution is 7.80. The van der Waals surface area contributed by atoms with Crippen LogP contribution in [0.2, 0.25) is 0 Å². The molecule has 1 aliphatic heterocycles. The third-order valence-corrected chi connectivity index (χ3v) is 3.11. The van der Waals surface area contributed by atoms with Crippen LogP contribution in [-0.4, -0.2) is 58.5 Å². The number of piperidine rings is 1. The van der Waals surface area contributed by atoms with Crippen LogP contribution in [-0.2, 0) is 9.53 Å². The number of carbonyl (C=O) groups excluding carboxylic acids is 1. The number of nitrogens with zero attached hydrogens (tertiary/aromatic N) is 1. The molecule has 1 unspecified atom stereocenters. The van der Waals surface area contributed by atoms with Gasteiger partial charge in [0.2, 0.25) is 0 Å². The fourth-order valence-electron chi connectivity index (χ4n) is 1.74. The summed E-state index contributed by atoms with van der Waals surface area (Å²) in [6, 6.07) is -1.03. The molecule has 1 heterocycles. The van der Waals surface area contributed by atoms with Crippen molar-refractivity contribution in [2.75, 3.05) is 26.3 Å². The first-order chi connectivity index (χ1) is 8.20. The summed E-state index contributed by atoms with van der Waals surface area (Å²) in [5.41, 5.74) is 1.87. The monoisotopic (exact) mass is 262 g/mol. The largest absolute Gasteiger partial charge is 0.462 e. The molecule has 0 amide bonds. The highest BCUT2D eigenvalue weighted by atomic mass is 32.1. The predicted octanol–water partition coefficient (Wildman–Crippen LogP) is -0.317. The molecule has 7 heteroatoms. The third-order valence-electron chi connectivity index (χ3n) is 2.62. The second kappa shape index (κ2) is 7.54. The summed E-state index contributed by atoms with van der Waals surface area (Å²) in [6.45, 7) is 1.24. The van der Waals surface area contributed by atoms with E-state index in [-0.39, 0.29) is 13.2 Å². The SMILES string of the molecule is O=C(OCCO)C(NO)C(=S)N1CCCCC1. The van der Waals surface area contributed by atoms with Gasteiger partial charge in [0.15, 0.2) is 6.04 Å². The zero-order valence-electron chi connectivity index (χ0n) is 9.59. The van der Waals surface area contributed by atoms with Gasteiger partial charge in [0, 0.05) is 13.1 Å². The summed E-state index contributed by atoms with van der Waals surface area (Å²) >= 11 is 5.16. The summed E-state index contributed by atoms with van der Waals surface area (Å²) < 4.78 is 4.73. The van der Waals surface area contributed by atoms with Gasteiger partial charge in [-0.1, -0.05) is 12.2 Å². The van der Waals surface area contributed by atoms with Gasteiger partial charge in [-0.3, -0.25) is 0 Å². The topological polar surface area (TPSA) is 82.0 Å². The van der Waals surface area contributed by atoms with Crippen LogP contribution in [0.5, 0.6) is 0 Å². The average molecular weight is 262 g/mol. The molecule has 17 heavy (non-hydrogen) atoms. The van der Waals surface area contributed by atoms with Crippen LogP contribution in [0.1, 0.15) is 19.3 Å². The van der Waals surface area contributed by atoms with Crippen LogP contribution in [0.3, 0.4) is 0 Å². The molecule has 1 rings (SSSR count). The molecule has 1 fully saturated rings. The third kappa shape index (κ3) is 4.19. The molecular formula is C10H18N2O4S. The first kappa shape index (κ1) is 14.3. The van der Waals surface area contributed by atoms with Crippen molar-refractivity contribution in [3.8, 4) is 0 Å². The zero-order chi connectivity index (χ0) is 12.7. The van der Waals surface area contributed by atoms with E-state index in [1.807, 2.05) is 10.4 Å². The van der Waals surface area contributed by atoms with E-state index in [9.17, 15) is 4.79 Å². The number of aliphatic hydroxyl groups excluding tert-OH is 1. The van der Waals surface area contributed by atoms with Crippen molar-refractivity contribution >= 4 is 23.2 Å². The molecule has 0 aliphatic carbocycles. The van der Waals surface area contributed by atoms with Gasteiger partial charge in [0.05, 0.1) is 6.61 Å². The Labute approximate surface area is 106 Å². The fourth-order valence-corrected chi connectivity index (χ4v) is 2.07. The molecule has 0 radical (unpaired) electrons. The number of ether oxygens (including phenoxy) is 1. The van der Waals surface area contributed by atoms with E-state index in [4.69, 9.17) is 27.3 Å². The van der Waals surface area contributed by atoms with Crippen LogP contribution < -0.4 is 5.48 Å². The lowest BCUT2D eigenvalue weighted by atomic mass is 10.1. The van der Waals surface area contributed by atoms with Gasteiger partial charge >= 0.3 is 5.97 Å². The van der Waals surface area contributed by atoms with E-state index in [0.717, 1.165) is 32.4 Å². The van der Waals surface area contributed by atoms with E-state index < -0.39 is 12.0 Å². The Morgan fingerprint density at radius 2 is 2.06 bits per heavy atom. The minimum Gasteiger partial charge on any atom is -0.462 e. The molecule has 1 aliphatic rings. The van der Waals surface area contributed by atoms with E-state index in [2.05, 4.69) is 0 Å². The molecule has 0 aromatic heterocycles. The number of hydroxylamine groups is 1. The van der Waals surface area contributed by atoms with Gasteiger partial charge in [-0.15, -0.1) is 0 Å². The molecule has 0 aromatic rings. The lowest BCUT2D eigenvalue weighted by Gasteiger charge is -2.31. The predicted molar refractivity (Wildman–Crippen MR) is 64.8 cm³/mol. The Balaban J connectivity index is 2.52. The maximum Gasteiger partial charge on any atom is 0.332 e. The first-order valence-electron chi connectivity index (χ1n) is 5.66. The normalized spacial score (nSPS) is 17.6. The number of likely N-dealkylation sites (tertiary alicyclic amines) is 1. The highest BCUT2D eigenvalue weighted by Crippen LogP contribution is 2.11. The van der Waals surface area contributed by atoms with Crippen LogP contribution in [0.15, 0.2) is 0 Å². The molecule has 1 saturated heterocycles. The van der Waals surface area contributed by atoms with E-state index in [0.29, 0.717) is 4.99 Å². The van der Waals surface area contributed by atoms with Crippen LogP contribution >= 0.6 is 12.2 Å². The van der Waals surface area contributed by atoms with E-state index >= 15 is 0 Å². The van der Waals surface area contributed by atoms with Gasteiger partial charge in [-0.2, -0.15) is 5.48 Å². The molecule has 0 bridgehead atoms. The summed E-state index contributed by atoms with van der Waals surface area (Å²) in [5, 5.41) is 17.5. The van der Waals surface area contributed by atoms with E-state index in [1.165, 1.54) is 0 Å². The number of carbonyl (C=O) groups is 1. The van der Waals surface area contributed by atoms with Crippen molar-refractivity contribution in [3.63, 3.8) is 0 Å². The van der Waals surface area contributed by atoms with Gasteiger partial charge in [-0.05, 0) is 19.3 Å². The number of thiocarbonyl (C=S) groups is 1. The Morgan fingerprint density at radius 1 is 1.41 bits per heavy atom. The van der Waals surface area contributed by atoms with Crippen molar-refractivity contribution in [2.24, 2.45) is 0 Å². The minimum atomic E-state index is -1.03. The smallest absolute Gasteiger partial charge is 0.332 e. The Bertz CT molecular complexity index is 269. The molecule has 3 N–H and O–H groups in total. The summed E-state index contributed by atoms with van der Waals surface area (Å²) in [7, 11) is 0. The Hall–Kier alpha value is -0.760. The first-order valence-corrected chi connectivity index (χ1v) is 6.07. The Kier molecular flexibility index (Phi) is 6.35. The molecule has 0 spiro atoms. The average Bonchev–Trinajstić information content (AvgIpc) is 2.38. The number of rotatable bonds is 5. The van der Waals surface area contributed by atoms with Crippen LogP contribution in [0, 0.1) is 0 Å². The minimum absolute atomic E-state index is 0.0976. The zero-order valence-corrected chi connectivity index (χ0v) is 10.4. The van der Waals surface area contributed by atoms with Crippen molar-refractivity contribution in [1.29, 1.82) is 0 Å². The van der Waals surface area contributed by atoms with Crippen LogP contribution in [0.25, 0.3) is 0 Å². The molecular weight excluding hydrogens is 244 g/mol. The number of hydrogen-bond acceptors (Lipinski definition) is 6. The molecule has 0 saturated carbocycles. The van der Waals surface area contributed by atoms with Gasteiger partial charge < -0.3 is 20.0 Å². The number of hydrogen-bond donors (Lipinski definition) is 3. The molecule has 6 nitrogen and oxygen atoms in total. The second-order valence-electron chi connectivity index (χ2n) is 3.84. The summed E-state index contributed by atoms with van der Waals surface area (Å²) in [6.07, 6.45) is 3.22. The number of nitrogens with one attached hydrogen (secondary N) is 1. The molecule has 0 aromatic carbocycles. The fraction of sp³-hybridized carbons (Fsp3) is 0.800. The lowest BCUT2D eigenvalue weighted by Crippen LogP contribution is -2.51. The summed E-state index contributed by atoms with van der Waals surface area (Å²) in [4.78, 5) is 13.8. The second-order valence-corrected chi connectivity index (χ2v) is 4.26. The maximum atomic E-state index is 11.5. The van der Waals surface area contributed by atoms with Crippen molar-refractivity contribution in [1.82, 2.24) is 10.4 Å². The van der Waals surface area contributed by atoms with Crippen molar-refractivity contribution in [2.45, 2.75) is 25.3 Å². The van der Waals surface area contributed by atoms with E-state index in [1.54, 1.807) is 0 Å². The maximum absolute atomic E-state index is 11.5. The quantitative estimate of drug-likeness (QED) is 0.356. The van der Waals surface area contributed by atoms with Crippen molar-refractivity contribution < 1.29 is 19.8 Å². The Morgan fingerprint density at radius 3 is 2.59 bits per heavy atom. The number of esters is 1. The lowest BCUT2D eigenvalue weighted by molar-refractivity contribution is -0.147.